The van der Waals surface area contributed by atoms with Crippen molar-refractivity contribution < 1.29 is 27.0 Å². The van der Waals surface area contributed by atoms with Gasteiger partial charge in [-0.1, -0.05) is 11.1 Å². The van der Waals surface area contributed by atoms with Crippen LogP contribution in [0.1, 0.15) is 12.5 Å². The van der Waals surface area contributed by atoms with Gasteiger partial charge in [0.2, 0.25) is 16.2 Å². The van der Waals surface area contributed by atoms with Crippen molar-refractivity contribution in [2.45, 2.75) is 30.4 Å². The lowest BCUT2D eigenvalue weighted by atomic mass is 9.96. The lowest BCUT2D eigenvalue weighted by Crippen LogP contribution is -2.51. The third-order valence-electron chi connectivity index (χ3n) is 6.47. The molecule has 1 N–H and O–H groups in total. The molecule has 0 spiro atoms. The van der Waals surface area contributed by atoms with E-state index < -0.39 is 33.7 Å². The van der Waals surface area contributed by atoms with E-state index in [2.05, 4.69) is 9.97 Å². The highest BCUT2D eigenvalue weighted by atomic mass is 32.3. The Morgan fingerprint density at radius 3 is 2.34 bits per heavy atom. The molecule has 0 saturated carbocycles. The van der Waals surface area contributed by atoms with E-state index in [9.17, 15) is 17.5 Å². The molecule has 10 heteroatoms. The number of fused-ring (bicyclic) bond motifs is 2. The van der Waals surface area contributed by atoms with Gasteiger partial charge in [-0.15, -0.1) is 0 Å². The van der Waals surface area contributed by atoms with E-state index in [0.29, 0.717) is 36.8 Å². The number of anilines is 1. The molecule has 2 aromatic carbocycles. The number of aromatic nitrogens is 2. The first-order chi connectivity index (χ1) is 16.7. The highest BCUT2D eigenvalue weighted by Gasteiger charge is 2.46. The predicted octanol–water partition coefficient (Wildman–Crippen LogP) is 4.23. The number of hydrogen-bond donors (Lipinski definition) is 1. The maximum absolute atomic E-state index is 15.0. The van der Waals surface area contributed by atoms with E-state index in [1.54, 1.807) is 24.5 Å². The van der Waals surface area contributed by atoms with Crippen molar-refractivity contribution in [2.24, 2.45) is 5.92 Å². The molecule has 35 heavy (non-hydrogen) atoms. The van der Waals surface area contributed by atoms with Gasteiger partial charge >= 0.3 is 0 Å². The van der Waals surface area contributed by atoms with Crippen molar-refractivity contribution in [3.05, 3.63) is 66.0 Å². The van der Waals surface area contributed by atoms with Gasteiger partial charge in [-0.25, -0.2) is 18.7 Å². The Kier molecular flexibility index (Phi) is 6.29. The molecule has 1 aromatic heterocycles. The van der Waals surface area contributed by atoms with Crippen molar-refractivity contribution in [1.29, 1.82) is 0 Å². The number of rotatable bonds is 6. The summed E-state index contributed by atoms with van der Waals surface area (Å²) in [6, 6.07) is 8.47. The highest BCUT2D eigenvalue weighted by Crippen LogP contribution is 2.36. The van der Waals surface area contributed by atoms with Crippen LogP contribution in [0.2, 0.25) is 0 Å². The van der Waals surface area contributed by atoms with Crippen LogP contribution in [0.4, 0.5) is 14.7 Å². The Balaban J connectivity index is 1.32. The second kappa shape index (κ2) is 9.25. The van der Waals surface area contributed by atoms with Crippen molar-refractivity contribution in [2.75, 3.05) is 30.9 Å². The van der Waals surface area contributed by atoms with Crippen LogP contribution in [-0.2, 0) is 25.6 Å². The van der Waals surface area contributed by atoms with Gasteiger partial charge in [-0.2, -0.15) is 4.55 Å². The summed E-state index contributed by atoms with van der Waals surface area (Å²) in [4.78, 5) is 11.1. The largest absolute Gasteiger partial charge is 0.481 e. The lowest BCUT2D eigenvalue weighted by molar-refractivity contribution is 0.0461. The average Bonchev–Trinajstić information content (AvgIpc) is 3.06. The lowest BCUT2D eigenvalue weighted by Gasteiger charge is -2.36. The molecule has 0 amide bonds. The monoisotopic (exact) mass is 502 g/mol. The first-order valence-corrected chi connectivity index (χ1v) is 13.3. The smallest absolute Gasteiger partial charge is 0.244 e. The molecule has 3 heterocycles. The third-order valence-corrected chi connectivity index (χ3v) is 7.62. The zero-order chi connectivity index (χ0) is 24.7. The number of hydrogen-bond acceptors (Lipinski definition) is 6. The zero-order valence-electron chi connectivity index (χ0n) is 19.4. The molecule has 2 fully saturated rings. The molecular weight excluding hydrogens is 476 g/mol. The number of halogens is 2. The number of piperidine rings is 1. The zero-order valence-corrected chi connectivity index (χ0v) is 20.2. The van der Waals surface area contributed by atoms with Gasteiger partial charge in [-0.3, -0.25) is 0 Å². The predicted molar refractivity (Wildman–Crippen MR) is 128 cm³/mol. The van der Waals surface area contributed by atoms with E-state index in [4.69, 9.17) is 9.47 Å². The molecular formula is C25H26F2N3O4S+. The van der Waals surface area contributed by atoms with Crippen LogP contribution in [-0.4, -0.2) is 52.7 Å². The molecule has 3 aromatic rings. The number of benzene rings is 2. The van der Waals surface area contributed by atoms with E-state index in [-0.39, 0.29) is 16.9 Å². The van der Waals surface area contributed by atoms with Gasteiger partial charge in [0.25, 0.3) is 0 Å². The first kappa shape index (κ1) is 23.8. The van der Waals surface area contributed by atoms with Gasteiger partial charge < -0.3 is 14.4 Å². The fourth-order valence-corrected chi connectivity index (χ4v) is 5.17. The molecule has 4 atom stereocenters. The summed E-state index contributed by atoms with van der Waals surface area (Å²) in [5, 5.41) is 0. The molecule has 2 aliphatic rings. The Morgan fingerprint density at radius 2 is 1.77 bits per heavy atom. The third kappa shape index (κ3) is 4.78. The Morgan fingerprint density at radius 1 is 1.11 bits per heavy atom. The summed E-state index contributed by atoms with van der Waals surface area (Å²) in [6.07, 6.45) is 4.82. The normalized spacial score (nSPS) is 23.2. The molecule has 184 valence electrons. The second-order valence-corrected chi connectivity index (χ2v) is 11.0. The van der Waals surface area contributed by atoms with Crippen LogP contribution in [0, 0.1) is 17.6 Å². The summed E-state index contributed by atoms with van der Waals surface area (Å²) in [5.74, 6) is -1.54. The first-order valence-electron chi connectivity index (χ1n) is 11.4. The fraction of sp³-hybridized carbons (Fsp3) is 0.360. The number of aryl methyl sites for hydroxylation is 1. The highest BCUT2D eigenvalue weighted by molar-refractivity contribution is 7.97. The summed E-state index contributed by atoms with van der Waals surface area (Å²) >= 11 is 0. The molecule has 0 aliphatic carbocycles. The summed E-state index contributed by atoms with van der Waals surface area (Å²) < 4.78 is 63.1. The van der Waals surface area contributed by atoms with Crippen LogP contribution in [0.5, 0.6) is 5.75 Å². The van der Waals surface area contributed by atoms with Crippen LogP contribution in [0.15, 0.2) is 53.7 Å². The van der Waals surface area contributed by atoms with E-state index >= 15 is 0 Å². The van der Waals surface area contributed by atoms with Gasteiger partial charge in [-0.05, 0) is 59.5 Å². The second-order valence-electron chi connectivity index (χ2n) is 8.96. The van der Waals surface area contributed by atoms with Crippen LogP contribution in [0.25, 0.3) is 11.1 Å². The van der Waals surface area contributed by atoms with Crippen molar-refractivity contribution in [1.82, 2.24) is 9.97 Å². The van der Waals surface area contributed by atoms with Crippen LogP contribution >= 0.6 is 0 Å². The molecule has 7 nitrogen and oxygen atoms in total. The van der Waals surface area contributed by atoms with Crippen LogP contribution in [0.3, 0.4) is 0 Å². The molecule has 2 aliphatic heterocycles. The van der Waals surface area contributed by atoms with E-state index in [1.807, 2.05) is 11.8 Å². The molecule has 2 saturated heterocycles. The topological polar surface area (TPSA) is 84.8 Å². The van der Waals surface area contributed by atoms with Crippen LogP contribution < -0.4 is 9.64 Å². The maximum Gasteiger partial charge on any atom is 0.244 e. The van der Waals surface area contributed by atoms with Gasteiger partial charge in [0.05, 0.1) is 13.2 Å². The summed E-state index contributed by atoms with van der Waals surface area (Å²) in [5.41, 5.74) is 1.88. The maximum atomic E-state index is 15.0. The molecule has 5 rings (SSSR count). The quantitative estimate of drug-likeness (QED) is 0.505. The Hall–Kier alpha value is -2.95. The standard InChI is InChI=1S/C25H25F2N3O4S/c1-3-15-10-28-25(29-11-15)30-12-18-14-33-22(13-30)23(18)34-24-20(26)8-17(9-21(24)27)16-4-6-19(7-5-16)35(2,31)32/h4-11,18,22-23H,3,12-14H2,1-2H3/p+1. The SMILES string of the molecule is CCc1cnc(N2CC3COC(C2)C3Oc2c(F)cc(-c3ccc([S+](C)(=O)O)cc3)cc2F)nc1. The summed E-state index contributed by atoms with van der Waals surface area (Å²) in [7, 11) is -3.11. The Bertz CT molecular complexity index is 1230. The van der Waals surface area contributed by atoms with Gasteiger partial charge in [0.1, 0.15) is 18.5 Å². The minimum atomic E-state index is -3.11. The average molecular weight is 503 g/mol. The molecule has 2 bridgehead atoms. The molecule has 0 radical (unpaired) electrons. The van der Waals surface area contributed by atoms with Crippen molar-refractivity contribution in [3.8, 4) is 16.9 Å². The van der Waals surface area contributed by atoms with Crippen molar-refractivity contribution in [3.63, 3.8) is 0 Å². The van der Waals surface area contributed by atoms with Gasteiger partial charge in [0, 0.05) is 24.9 Å². The Labute approximate surface area is 203 Å². The van der Waals surface area contributed by atoms with E-state index in [0.717, 1.165) is 12.0 Å². The fourth-order valence-electron chi connectivity index (χ4n) is 4.53. The summed E-state index contributed by atoms with van der Waals surface area (Å²) in [6.45, 7) is 3.49. The number of ether oxygens (including phenoxy) is 2. The van der Waals surface area contributed by atoms with Crippen molar-refractivity contribution >= 4 is 16.2 Å². The number of nitrogens with zero attached hydrogens (tertiary/aromatic N) is 3. The minimum absolute atomic E-state index is 0.0865. The van der Waals surface area contributed by atoms with E-state index in [1.165, 1.54) is 30.5 Å². The molecule has 4 unspecified atom stereocenters. The van der Waals surface area contributed by atoms with Gasteiger partial charge in [0.15, 0.2) is 22.3 Å². The minimum Gasteiger partial charge on any atom is -0.481 e.